The van der Waals surface area contributed by atoms with Crippen LogP contribution < -0.4 is 0 Å². The zero-order valence-corrected chi connectivity index (χ0v) is 10.6. The Labute approximate surface area is 104 Å². The molecule has 0 unspecified atom stereocenters. The Balaban J connectivity index is 2.32. The van der Waals surface area contributed by atoms with Crippen molar-refractivity contribution in [3.63, 3.8) is 0 Å². The standard InChI is InChI=1S/C13H15F2N3/c1-7-4-13(2,3)10-8(7)5-16-18-6-9(11(14)15)17-12(10)18/h5-7,11H,4H2,1-3H3/t7-/m0/s1. The fourth-order valence-electron chi connectivity index (χ4n) is 3.11. The van der Waals surface area contributed by atoms with E-state index < -0.39 is 6.43 Å². The molecule has 5 heteroatoms. The van der Waals surface area contributed by atoms with Gasteiger partial charge in [0.25, 0.3) is 6.43 Å². The number of hydrogen-bond acceptors (Lipinski definition) is 2. The SMILES string of the molecule is C[C@H]1CC(C)(C)c2c1cnn1cc(C(F)F)nc21. The van der Waals surface area contributed by atoms with Crippen LogP contribution in [0, 0.1) is 0 Å². The molecule has 2 aromatic rings. The number of aromatic nitrogens is 3. The van der Waals surface area contributed by atoms with Crippen molar-refractivity contribution in [2.75, 3.05) is 0 Å². The molecule has 2 heterocycles. The van der Waals surface area contributed by atoms with E-state index in [-0.39, 0.29) is 11.1 Å². The van der Waals surface area contributed by atoms with Gasteiger partial charge in [0, 0.05) is 5.56 Å². The number of fused-ring (bicyclic) bond motifs is 3. The Morgan fingerprint density at radius 2 is 2.17 bits per heavy atom. The summed E-state index contributed by atoms with van der Waals surface area (Å²) in [7, 11) is 0. The molecule has 0 aromatic carbocycles. The highest BCUT2D eigenvalue weighted by Gasteiger charge is 2.37. The highest BCUT2D eigenvalue weighted by atomic mass is 19.3. The highest BCUT2D eigenvalue weighted by molar-refractivity contribution is 5.58. The topological polar surface area (TPSA) is 30.2 Å². The Morgan fingerprint density at radius 1 is 1.44 bits per heavy atom. The smallest absolute Gasteiger partial charge is 0.226 e. The van der Waals surface area contributed by atoms with E-state index in [0.717, 1.165) is 17.5 Å². The number of rotatable bonds is 1. The molecule has 0 radical (unpaired) electrons. The lowest BCUT2D eigenvalue weighted by Crippen LogP contribution is -2.14. The van der Waals surface area contributed by atoms with Crippen molar-refractivity contribution in [1.82, 2.24) is 14.6 Å². The lowest BCUT2D eigenvalue weighted by molar-refractivity contribution is 0.146. The summed E-state index contributed by atoms with van der Waals surface area (Å²) in [5.41, 5.74) is 2.54. The maximum absolute atomic E-state index is 12.7. The fraction of sp³-hybridized carbons (Fsp3) is 0.538. The molecule has 0 amide bonds. The van der Waals surface area contributed by atoms with Crippen molar-refractivity contribution in [2.24, 2.45) is 0 Å². The van der Waals surface area contributed by atoms with E-state index in [9.17, 15) is 8.78 Å². The van der Waals surface area contributed by atoms with E-state index in [1.165, 1.54) is 10.7 Å². The van der Waals surface area contributed by atoms with E-state index in [1.54, 1.807) is 6.20 Å². The molecule has 0 N–H and O–H groups in total. The van der Waals surface area contributed by atoms with E-state index in [4.69, 9.17) is 0 Å². The molecule has 0 bridgehead atoms. The first-order valence-corrected chi connectivity index (χ1v) is 6.07. The van der Waals surface area contributed by atoms with Gasteiger partial charge in [-0.05, 0) is 23.3 Å². The normalized spacial score (nSPS) is 21.8. The second-order valence-electron chi connectivity index (χ2n) is 5.70. The lowest BCUT2D eigenvalue weighted by Gasteiger charge is -2.19. The van der Waals surface area contributed by atoms with Crippen LogP contribution in [0.4, 0.5) is 8.78 Å². The summed E-state index contributed by atoms with van der Waals surface area (Å²) in [5.74, 6) is 0.402. The van der Waals surface area contributed by atoms with Crippen LogP contribution in [0.2, 0.25) is 0 Å². The minimum Gasteiger partial charge on any atom is -0.226 e. The third-order valence-electron chi connectivity index (χ3n) is 3.79. The summed E-state index contributed by atoms with van der Waals surface area (Å²) >= 11 is 0. The van der Waals surface area contributed by atoms with Crippen molar-refractivity contribution in [2.45, 2.75) is 45.0 Å². The monoisotopic (exact) mass is 251 g/mol. The van der Waals surface area contributed by atoms with Crippen LogP contribution in [-0.4, -0.2) is 14.6 Å². The van der Waals surface area contributed by atoms with Crippen molar-refractivity contribution in [3.8, 4) is 0 Å². The largest absolute Gasteiger partial charge is 0.281 e. The molecule has 1 aliphatic carbocycles. The van der Waals surface area contributed by atoms with E-state index in [1.807, 2.05) is 0 Å². The average Bonchev–Trinajstić information content (AvgIpc) is 2.78. The van der Waals surface area contributed by atoms with Crippen LogP contribution in [0.15, 0.2) is 12.4 Å². The zero-order chi connectivity index (χ0) is 13.1. The predicted molar refractivity (Wildman–Crippen MR) is 64.0 cm³/mol. The first kappa shape index (κ1) is 11.6. The van der Waals surface area contributed by atoms with Gasteiger partial charge in [-0.2, -0.15) is 5.10 Å². The summed E-state index contributed by atoms with van der Waals surface area (Å²) in [5, 5.41) is 4.19. The molecule has 0 saturated carbocycles. The van der Waals surface area contributed by atoms with Gasteiger partial charge in [-0.1, -0.05) is 20.8 Å². The Kier molecular flexibility index (Phi) is 2.24. The van der Waals surface area contributed by atoms with Crippen molar-refractivity contribution in [3.05, 3.63) is 29.2 Å². The van der Waals surface area contributed by atoms with Gasteiger partial charge in [0.1, 0.15) is 5.69 Å². The average molecular weight is 251 g/mol. The van der Waals surface area contributed by atoms with Gasteiger partial charge in [0.2, 0.25) is 0 Å². The van der Waals surface area contributed by atoms with Gasteiger partial charge in [-0.3, -0.25) is 0 Å². The van der Waals surface area contributed by atoms with Crippen LogP contribution in [-0.2, 0) is 5.41 Å². The van der Waals surface area contributed by atoms with Gasteiger partial charge in [0.15, 0.2) is 5.65 Å². The summed E-state index contributed by atoms with van der Waals surface area (Å²) in [6, 6.07) is 0. The predicted octanol–water partition coefficient (Wildman–Crippen LogP) is 3.45. The summed E-state index contributed by atoms with van der Waals surface area (Å²) in [6.45, 7) is 6.40. The molecular weight excluding hydrogens is 236 g/mol. The second-order valence-corrected chi connectivity index (χ2v) is 5.70. The van der Waals surface area contributed by atoms with Gasteiger partial charge < -0.3 is 0 Å². The minimum absolute atomic E-state index is 0.0380. The summed E-state index contributed by atoms with van der Waals surface area (Å²) < 4.78 is 26.9. The van der Waals surface area contributed by atoms with Crippen molar-refractivity contribution >= 4 is 5.65 Å². The molecule has 1 atom stereocenters. The number of alkyl halides is 2. The lowest BCUT2D eigenvalue weighted by atomic mass is 9.86. The van der Waals surface area contributed by atoms with Crippen LogP contribution in [0.25, 0.3) is 5.65 Å². The molecule has 0 saturated heterocycles. The second kappa shape index (κ2) is 3.49. The molecule has 18 heavy (non-hydrogen) atoms. The maximum Gasteiger partial charge on any atom is 0.281 e. The molecule has 1 aliphatic rings. The summed E-state index contributed by atoms with van der Waals surface area (Å²) in [4.78, 5) is 4.06. The van der Waals surface area contributed by atoms with Gasteiger partial charge >= 0.3 is 0 Å². The fourth-order valence-corrected chi connectivity index (χ4v) is 3.11. The Morgan fingerprint density at radius 3 is 2.83 bits per heavy atom. The number of imidazole rings is 1. The molecular formula is C13H15F2N3. The molecule has 2 aromatic heterocycles. The zero-order valence-electron chi connectivity index (χ0n) is 10.6. The number of nitrogens with zero attached hydrogens (tertiary/aromatic N) is 3. The third-order valence-corrected chi connectivity index (χ3v) is 3.79. The molecule has 0 aliphatic heterocycles. The minimum atomic E-state index is -2.55. The van der Waals surface area contributed by atoms with Crippen LogP contribution >= 0.6 is 0 Å². The number of hydrogen-bond donors (Lipinski definition) is 0. The summed E-state index contributed by atoms with van der Waals surface area (Å²) in [6.07, 6.45) is 1.56. The first-order valence-electron chi connectivity index (χ1n) is 6.07. The first-order chi connectivity index (χ1) is 8.40. The van der Waals surface area contributed by atoms with E-state index >= 15 is 0 Å². The van der Waals surface area contributed by atoms with Crippen LogP contribution in [0.3, 0.4) is 0 Å². The quantitative estimate of drug-likeness (QED) is 0.777. The molecule has 96 valence electrons. The molecule has 3 rings (SSSR count). The van der Waals surface area contributed by atoms with Gasteiger partial charge in [-0.25, -0.2) is 18.3 Å². The third kappa shape index (κ3) is 1.46. The Bertz CT molecular complexity index is 616. The van der Waals surface area contributed by atoms with Gasteiger partial charge in [-0.15, -0.1) is 0 Å². The van der Waals surface area contributed by atoms with Crippen LogP contribution in [0.5, 0.6) is 0 Å². The van der Waals surface area contributed by atoms with Crippen LogP contribution in [0.1, 0.15) is 56.4 Å². The Hall–Kier alpha value is -1.52. The van der Waals surface area contributed by atoms with Crippen molar-refractivity contribution in [1.29, 1.82) is 0 Å². The van der Waals surface area contributed by atoms with Gasteiger partial charge in [0.05, 0.1) is 12.4 Å². The molecule has 3 nitrogen and oxygen atoms in total. The molecule has 0 fully saturated rings. The van der Waals surface area contributed by atoms with E-state index in [2.05, 4.69) is 30.9 Å². The molecule has 0 spiro atoms. The van der Waals surface area contributed by atoms with Crippen molar-refractivity contribution < 1.29 is 8.78 Å². The van der Waals surface area contributed by atoms with E-state index in [0.29, 0.717) is 11.6 Å². The number of halogens is 2. The highest BCUT2D eigenvalue weighted by Crippen LogP contribution is 2.46. The maximum atomic E-state index is 12.7.